The van der Waals surface area contributed by atoms with Crippen LogP contribution in [0.25, 0.3) is 0 Å². The summed E-state index contributed by atoms with van der Waals surface area (Å²) in [6, 6.07) is 11.7. The highest BCUT2D eigenvalue weighted by Gasteiger charge is 2.03. The van der Waals surface area contributed by atoms with E-state index < -0.39 is 0 Å². The van der Waals surface area contributed by atoms with Gasteiger partial charge in [0.05, 0.1) is 0 Å². The van der Waals surface area contributed by atoms with E-state index in [1.807, 2.05) is 30.3 Å². The van der Waals surface area contributed by atoms with Crippen molar-refractivity contribution in [2.24, 2.45) is 0 Å². The molecular formula is C12H10O3. The first-order valence-corrected chi connectivity index (χ1v) is 4.60. The molecule has 0 spiro atoms. The molecule has 0 atom stereocenters. The Morgan fingerprint density at radius 1 is 1.27 bits per heavy atom. The molecule has 0 radical (unpaired) electrons. The Morgan fingerprint density at radius 2 is 2.07 bits per heavy atom. The van der Waals surface area contributed by atoms with Crippen LogP contribution < -0.4 is 4.74 Å². The van der Waals surface area contributed by atoms with E-state index in [4.69, 9.17) is 4.42 Å². The largest absolute Gasteiger partial charge is 0.465 e. The van der Waals surface area contributed by atoms with Crippen LogP contribution in [0.5, 0.6) is 5.75 Å². The highest BCUT2D eigenvalue weighted by Crippen LogP contribution is 2.18. The van der Waals surface area contributed by atoms with E-state index in [1.165, 1.54) is 6.26 Å². The molecule has 0 saturated heterocycles. The molecule has 2 aromatic rings. The van der Waals surface area contributed by atoms with Crippen molar-refractivity contribution in [3.05, 3.63) is 54.0 Å². The van der Waals surface area contributed by atoms with Crippen LogP contribution in [0.3, 0.4) is 0 Å². The maximum absolute atomic E-state index is 10.1. The summed E-state index contributed by atoms with van der Waals surface area (Å²) >= 11 is 0. The second-order valence-corrected chi connectivity index (χ2v) is 3.13. The van der Waals surface area contributed by atoms with Gasteiger partial charge in [0.2, 0.25) is 0 Å². The Labute approximate surface area is 87.3 Å². The van der Waals surface area contributed by atoms with Gasteiger partial charge in [0.25, 0.3) is 6.47 Å². The first kappa shape index (κ1) is 9.52. The van der Waals surface area contributed by atoms with Crippen molar-refractivity contribution < 1.29 is 13.9 Å². The van der Waals surface area contributed by atoms with Crippen molar-refractivity contribution in [3.63, 3.8) is 0 Å². The lowest BCUT2D eigenvalue weighted by Gasteiger charge is -1.95. The van der Waals surface area contributed by atoms with E-state index in [9.17, 15) is 4.79 Å². The van der Waals surface area contributed by atoms with E-state index in [0.29, 0.717) is 18.6 Å². The molecule has 1 aromatic heterocycles. The van der Waals surface area contributed by atoms with E-state index in [0.717, 1.165) is 11.3 Å². The minimum atomic E-state index is 0.386. The molecule has 0 aliphatic rings. The van der Waals surface area contributed by atoms with Crippen LogP contribution in [0, 0.1) is 0 Å². The average molecular weight is 202 g/mol. The van der Waals surface area contributed by atoms with Gasteiger partial charge in [0.15, 0.2) is 5.75 Å². The number of furan rings is 1. The van der Waals surface area contributed by atoms with Gasteiger partial charge in [-0.25, -0.2) is 0 Å². The third-order valence-corrected chi connectivity index (χ3v) is 2.04. The molecule has 2 rings (SSSR count). The van der Waals surface area contributed by atoms with Gasteiger partial charge >= 0.3 is 0 Å². The molecule has 0 unspecified atom stereocenters. The first-order valence-electron chi connectivity index (χ1n) is 4.60. The molecule has 0 fully saturated rings. The van der Waals surface area contributed by atoms with Crippen LogP contribution in [0.1, 0.15) is 11.3 Å². The maximum atomic E-state index is 10.1. The molecule has 0 aliphatic heterocycles. The lowest BCUT2D eigenvalue weighted by molar-refractivity contribution is -0.120. The van der Waals surface area contributed by atoms with Gasteiger partial charge < -0.3 is 9.15 Å². The van der Waals surface area contributed by atoms with Crippen molar-refractivity contribution in [2.45, 2.75) is 6.42 Å². The van der Waals surface area contributed by atoms with Crippen LogP contribution in [-0.2, 0) is 11.2 Å². The molecule has 0 bridgehead atoms. The van der Waals surface area contributed by atoms with Crippen molar-refractivity contribution >= 4 is 6.47 Å². The first-order chi connectivity index (χ1) is 7.38. The van der Waals surface area contributed by atoms with Crippen molar-refractivity contribution in [2.75, 3.05) is 0 Å². The topological polar surface area (TPSA) is 39.4 Å². The second-order valence-electron chi connectivity index (χ2n) is 3.13. The van der Waals surface area contributed by atoms with Gasteiger partial charge in [0, 0.05) is 12.5 Å². The zero-order chi connectivity index (χ0) is 10.5. The zero-order valence-electron chi connectivity index (χ0n) is 8.05. The third kappa shape index (κ3) is 2.47. The Balaban J connectivity index is 2.08. The van der Waals surface area contributed by atoms with Crippen LogP contribution in [0.2, 0.25) is 0 Å². The van der Waals surface area contributed by atoms with Gasteiger partial charge in [-0.1, -0.05) is 30.3 Å². The van der Waals surface area contributed by atoms with Crippen molar-refractivity contribution in [1.82, 2.24) is 0 Å². The summed E-state index contributed by atoms with van der Waals surface area (Å²) in [7, 11) is 0. The van der Waals surface area contributed by atoms with Crippen LogP contribution in [0.15, 0.2) is 47.1 Å². The molecule has 3 heteroatoms. The van der Waals surface area contributed by atoms with E-state index in [1.54, 1.807) is 6.07 Å². The van der Waals surface area contributed by atoms with Crippen LogP contribution in [-0.4, -0.2) is 6.47 Å². The number of benzene rings is 1. The summed E-state index contributed by atoms with van der Waals surface area (Å²) in [5, 5.41) is 0. The summed E-state index contributed by atoms with van der Waals surface area (Å²) in [6.45, 7) is 0.386. The predicted octanol–water partition coefficient (Wildman–Crippen LogP) is 2.41. The maximum Gasteiger partial charge on any atom is 0.298 e. The summed E-state index contributed by atoms with van der Waals surface area (Å²) in [5.41, 5.74) is 1.16. The molecule has 0 saturated carbocycles. The molecule has 1 aromatic carbocycles. The molecular weight excluding hydrogens is 192 g/mol. The fourth-order valence-corrected chi connectivity index (χ4v) is 1.37. The quantitative estimate of drug-likeness (QED) is 0.714. The van der Waals surface area contributed by atoms with Gasteiger partial charge in [-0.05, 0) is 5.56 Å². The Hall–Kier alpha value is -2.03. The normalized spacial score (nSPS) is 9.87. The molecule has 76 valence electrons. The van der Waals surface area contributed by atoms with Gasteiger partial charge in [-0.3, -0.25) is 4.79 Å². The Kier molecular flexibility index (Phi) is 2.83. The average Bonchev–Trinajstić information content (AvgIpc) is 2.68. The SMILES string of the molecule is O=COc1coc(Cc2ccccc2)c1. The predicted molar refractivity (Wildman–Crippen MR) is 54.6 cm³/mol. The summed E-state index contributed by atoms with van der Waals surface area (Å²) in [4.78, 5) is 10.1. The smallest absolute Gasteiger partial charge is 0.298 e. The van der Waals surface area contributed by atoms with Crippen LogP contribution in [0.4, 0.5) is 0 Å². The lowest BCUT2D eigenvalue weighted by Crippen LogP contribution is -1.86. The van der Waals surface area contributed by atoms with Crippen molar-refractivity contribution in [1.29, 1.82) is 0 Å². The van der Waals surface area contributed by atoms with Gasteiger partial charge in [-0.2, -0.15) is 0 Å². The van der Waals surface area contributed by atoms with Crippen molar-refractivity contribution in [3.8, 4) is 5.75 Å². The number of rotatable bonds is 4. The van der Waals surface area contributed by atoms with Gasteiger partial charge in [-0.15, -0.1) is 0 Å². The number of hydrogen-bond acceptors (Lipinski definition) is 3. The molecule has 0 amide bonds. The standard InChI is InChI=1S/C12H10O3/c13-9-15-12-7-11(14-8-12)6-10-4-2-1-3-5-10/h1-5,7-9H,6H2. The fraction of sp³-hybridized carbons (Fsp3) is 0.0833. The summed E-state index contributed by atoms with van der Waals surface area (Å²) < 4.78 is 9.89. The van der Waals surface area contributed by atoms with Crippen LogP contribution >= 0.6 is 0 Å². The number of ether oxygens (including phenoxy) is 1. The van der Waals surface area contributed by atoms with Gasteiger partial charge in [0.1, 0.15) is 12.0 Å². The highest BCUT2D eigenvalue weighted by molar-refractivity contribution is 5.44. The minimum absolute atomic E-state index is 0.386. The van der Waals surface area contributed by atoms with E-state index in [2.05, 4.69) is 4.74 Å². The zero-order valence-corrected chi connectivity index (χ0v) is 8.05. The third-order valence-electron chi connectivity index (χ3n) is 2.04. The van der Waals surface area contributed by atoms with E-state index in [-0.39, 0.29) is 0 Å². The molecule has 1 heterocycles. The molecule has 0 N–H and O–H groups in total. The molecule has 3 nitrogen and oxygen atoms in total. The molecule has 0 aliphatic carbocycles. The molecule has 15 heavy (non-hydrogen) atoms. The fourth-order valence-electron chi connectivity index (χ4n) is 1.37. The Bertz CT molecular complexity index is 431. The number of carbonyl (C=O) groups is 1. The van der Waals surface area contributed by atoms with E-state index >= 15 is 0 Å². The summed E-state index contributed by atoms with van der Waals surface area (Å²) in [6.07, 6.45) is 2.12. The second kappa shape index (κ2) is 4.46. The monoisotopic (exact) mass is 202 g/mol. The number of carbonyl (C=O) groups excluding carboxylic acids is 1. The Morgan fingerprint density at radius 3 is 2.80 bits per heavy atom. The highest BCUT2D eigenvalue weighted by atomic mass is 16.5. The summed E-state index contributed by atoms with van der Waals surface area (Å²) in [5.74, 6) is 1.22. The lowest BCUT2D eigenvalue weighted by atomic mass is 10.1. The number of hydrogen-bond donors (Lipinski definition) is 0. The minimum Gasteiger partial charge on any atom is -0.465 e.